The molecule has 1 aromatic carbocycles. The van der Waals surface area contributed by atoms with Crippen LogP contribution in [0.5, 0.6) is 5.75 Å². The lowest BCUT2D eigenvalue weighted by molar-refractivity contribution is -0.153. The fourth-order valence-electron chi connectivity index (χ4n) is 1.56. The normalized spacial score (nSPS) is 11.1. The number of carbonyl (C=O) groups is 1. The quantitative estimate of drug-likeness (QED) is 0.849. The number of hydrogen-bond donors (Lipinski definition) is 2. The summed E-state index contributed by atoms with van der Waals surface area (Å²) in [7, 11) is 0. The van der Waals surface area contributed by atoms with Crippen LogP contribution in [0.15, 0.2) is 24.3 Å². The number of benzene rings is 1. The van der Waals surface area contributed by atoms with E-state index in [2.05, 4.69) is 10.1 Å². The number of carbonyl (C=O) groups excluding carboxylic acids is 1. The molecule has 0 heterocycles. The number of aliphatic hydroxyl groups is 1. The Kier molecular flexibility index (Phi) is 6.29. The Balaban J connectivity index is 2.65. The largest absolute Gasteiger partial charge is 0.484 e. The van der Waals surface area contributed by atoms with E-state index in [0.717, 1.165) is 0 Å². The number of amides is 2. The Hall–Kier alpha value is -1.96. The van der Waals surface area contributed by atoms with Crippen LogP contribution in [0.25, 0.3) is 0 Å². The predicted octanol–water partition coefficient (Wildman–Crippen LogP) is 2.47. The number of nitrogens with one attached hydrogen (secondary N) is 1. The van der Waals surface area contributed by atoms with Gasteiger partial charge in [0.2, 0.25) is 0 Å². The van der Waals surface area contributed by atoms with Crippen molar-refractivity contribution >= 4 is 11.7 Å². The van der Waals surface area contributed by atoms with Gasteiger partial charge >= 0.3 is 12.2 Å². The molecule has 1 aromatic rings. The van der Waals surface area contributed by atoms with Crippen molar-refractivity contribution in [2.24, 2.45) is 0 Å². The summed E-state index contributed by atoms with van der Waals surface area (Å²) in [6.45, 7) is 0.757. The average Bonchev–Trinajstić information content (AvgIpc) is 2.42. The Morgan fingerprint density at radius 1 is 1.43 bits per heavy atom. The van der Waals surface area contributed by atoms with E-state index in [1.807, 2.05) is 0 Å². The van der Waals surface area contributed by atoms with Gasteiger partial charge in [-0.1, -0.05) is 6.07 Å². The molecule has 0 radical (unpaired) electrons. The van der Waals surface area contributed by atoms with E-state index in [1.54, 1.807) is 6.92 Å². The summed E-state index contributed by atoms with van der Waals surface area (Å²) < 4.78 is 40.8. The molecule has 0 fully saturated rings. The van der Waals surface area contributed by atoms with Gasteiger partial charge in [0.1, 0.15) is 5.75 Å². The minimum Gasteiger partial charge on any atom is -0.484 e. The Labute approximate surface area is 120 Å². The molecule has 0 aliphatic rings. The van der Waals surface area contributed by atoms with Gasteiger partial charge in [-0.15, -0.1) is 0 Å². The van der Waals surface area contributed by atoms with Crippen LogP contribution in [-0.2, 0) is 0 Å². The highest BCUT2D eigenvalue weighted by molar-refractivity contribution is 5.89. The summed E-state index contributed by atoms with van der Waals surface area (Å²) in [5.74, 6) is 0.00957. The molecule has 2 amide bonds. The van der Waals surface area contributed by atoms with Crippen molar-refractivity contribution in [2.75, 3.05) is 31.6 Å². The second-order valence-corrected chi connectivity index (χ2v) is 4.17. The monoisotopic (exact) mass is 306 g/mol. The molecule has 0 aliphatic carbocycles. The molecule has 0 spiro atoms. The van der Waals surface area contributed by atoms with Crippen molar-refractivity contribution in [1.82, 2.24) is 4.90 Å². The second kappa shape index (κ2) is 7.72. The molecule has 0 atom stereocenters. The number of hydrogen-bond acceptors (Lipinski definition) is 3. The van der Waals surface area contributed by atoms with Crippen molar-refractivity contribution < 1.29 is 27.8 Å². The number of ether oxygens (including phenoxy) is 1. The molecule has 2 N–H and O–H groups in total. The lowest BCUT2D eigenvalue weighted by Gasteiger charge is -2.20. The third kappa shape index (κ3) is 6.35. The zero-order valence-electron chi connectivity index (χ0n) is 11.5. The van der Waals surface area contributed by atoms with Crippen LogP contribution in [0.2, 0.25) is 0 Å². The molecule has 21 heavy (non-hydrogen) atoms. The van der Waals surface area contributed by atoms with Crippen molar-refractivity contribution in [1.29, 1.82) is 0 Å². The van der Waals surface area contributed by atoms with Crippen LogP contribution in [0.3, 0.4) is 0 Å². The maximum atomic E-state index is 12.1. The highest BCUT2D eigenvalue weighted by atomic mass is 19.4. The summed E-state index contributed by atoms with van der Waals surface area (Å²) in [6, 6.07) is 5.23. The van der Waals surface area contributed by atoms with Gasteiger partial charge < -0.3 is 20.1 Å². The summed E-state index contributed by atoms with van der Waals surface area (Å²) in [5.41, 5.74) is 0.316. The number of aliphatic hydroxyl groups excluding tert-OH is 1. The lowest BCUT2D eigenvalue weighted by atomic mass is 10.3. The predicted molar refractivity (Wildman–Crippen MR) is 71.3 cm³/mol. The third-order valence-corrected chi connectivity index (χ3v) is 2.53. The second-order valence-electron chi connectivity index (χ2n) is 4.17. The number of rotatable bonds is 6. The van der Waals surface area contributed by atoms with E-state index in [1.165, 1.54) is 29.2 Å². The highest BCUT2D eigenvalue weighted by Gasteiger charge is 2.28. The molecule has 0 bridgehead atoms. The molecule has 5 nitrogen and oxygen atoms in total. The van der Waals surface area contributed by atoms with Gasteiger partial charge in [0, 0.05) is 24.8 Å². The van der Waals surface area contributed by atoms with E-state index < -0.39 is 18.8 Å². The number of alkyl halides is 3. The van der Waals surface area contributed by atoms with Crippen LogP contribution in [0.1, 0.15) is 6.92 Å². The molecule has 8 heteroatoms. The zero-order chi connectivity index (χ0) is 15.9. The molecular weight excluding hydrogens is 289 g/mol. The fraction of sp³-hybridized carbons (Fsp3) is 0.462. The SMILES string of the molecule is CCN(CCO)C(=O)Nc1cccc(OCC(F)(F)F)c1. The summed E-state index contributed by atoms with van der Waals surface area (Å²) >= 11 is 0. The van der Waals surface area contributed by atoms with Crippen LogP contribution >= 0.6 is 0 Å². The minimum atomic E-state index is -4.42. The zero-order valence-corrected chi connectivity index (χ0v) is 11.5. The first-order chi connectivity index (χ1) is 9.85. The van der Waals surface area contributed by atoms with Crippen LogP contribution in [0.4, 0.5) is 23.7 Å². The number of urea groups is 1. The van der Waals surface area contributed by atoms with E-state index in [4.69, 9.17) is 5.11 Å². The maximum absolute atomic E-state index is 12.1. The van der Waals surface area contributed by atoms with Crippen molar-refractivity contribution in [2.45, 2.75) is 13.1 Å². The summed E-state index contributed by atoms with van der Waals surface area (Å²) in [5, 5.41) is 11.4. The van der Waals surface area contributed by atoms with Crippen molar-refractivity contribution in [3.63, 3.8) is 0 Å². The molecule has 0 unspecified atom stereocenters. The van der Waals surface area contributed by atoms with Gasteiger partial charge in [-0.3, -0.25) is 0 Å². The summed E-state index contributed by atoms with van der Waals surface area (Å²) in [6.07, 6.45) is -4.42. The minimum absolute atomic E-state index is 0.00957. The smallest absolute Gasteiger partial charge is 0.422 e. The lowest BCUT2D eigenvalue weighted by Crippen LogP contribution is -2.36. The number of nitrogens with zero attached hydrogens (tertiary/aromatic N) is 1. The van der Waals surface area contributed by atoms with E-state index in [-0.39, 0.29) is 18.9 Å². The topological polar surface area (TPSA) is 61.8 Å². The van der Waals surface area contributed by atoms with Gasteiger partial charge in [-0.2, -0.15) is 13.2 Å². The molecule has 1 rings (SSSR count). The average molecular weight is 306 g/mol. The van der Waals surface area contributed by atoms with Gasteiger partial charge in [-0.05, 0) is 19.1 Å². The molecule has 0 aromatic heterocycles. The fourth-order valence-corrected chi connectivity index (χ4v) is 1.56. The van der Waals surface area contributed by atoms with Gasteiger partial charge in [0.05, 0.1) is 6.61 Å². The Bertz CT molecular complexity index is 466. The first-order valence-electron chi connectivity index (χ1n) is 6.32. The highest BCUT2D eigenvalue weighted by Crippen LogP contribution is 2.21. The number of anilines is 1. The van der Waals surface area contributed by atoms with E-state index in [0.29, 0.717) is 12.2 Å². The first-order valence-corrected chi connectivity index (χ1v) is 6.32. The Morgan fingerprint density at radius 2 is 2.14 bits per heavy atom. The molecular formula is C13H17F3N2O3. The van der Waals surface area contributed by atoms with Crippen LogP contribution in [-0.4, -0.2) is 48.5 Å². The van der Waals surface area contributed by atoms with Crippen molar-refractivity contribution in [3.8, 4) is 5.75 Å². The van der Waals surface area contributed by atoms with Crippen LogP contribution < -0.4 is 10.1 Å². The van der Waals surface area contributed by atoms with Gasteiger partial charge in [-0.25, -0.2) is 4.79 Å². The standard InChI is InChI=1S/C13H17F3N2O3/c1-2-18(6-7-19)12(20)17-10-4-3-5-11(8-10)21-9-13(14,15)16/h3-5,8,19H,2,6-7,9H2,1H3,(H,17,20). The first kappa shape index (κ1) is 17.1. The Morgan fingerprint density at radius 3 is 2.71 bits per heavy atom. The van der Waals surface area contributed by atoms with E-state index >= 15 is 0 Å². The molecule has 118 valence electrons. The third-order valence-electron chi connectivity index (χ3n) is 2.53. The van der Waals surface area contributed by atoms with Crippen LogP contribution in [0, 0.1) is 0 Å². The van der Waals surface area contributed by atoms with Gasteiger partial charge in [0.15, 0.2) is 6.61 Å². The summed E-state index contributed by atoms with van der Waals surface area (Å²) in [4.78, 5) is 13.2. The molecule has 0 saturated heterocycles. The maximum Gasteiger partial charge on any atom is 0.422 e. The molecule has 0 aliphatic heterocycles. The van der Waals surface area contributed by atoms with E-state index in [9.17, 15) is 18.0 Å². The van der Waals surface area contributed by atoms with Crippen molar-refractivity contribution in [3.05, 3.63) is 24.3 Å². The molecule has 0 saturated carbocycles. The number of halogens is 3. The number of likely N-dealkylation sites (N-methyl/N-ethyl adjacent to an activating group) is 1. The van der Waals surface area contributed by atoms with Gasteiger partial charge in [0.25, 0.3) is 0 Å².